The summed E-state index contributed by atoms with van der Waals surface area (Å²) in [5.41, 5.74) is 0. The summed E-state index contributed by atoms with van der Waals surface area (Å²) in [5, 5.41) is 3.65. The van der Waals surface area contributed by atoms with Gasteiger partial charge in [0.1, 0.15) is 0 Å². The Balaban J connectivity index is 0.00000300. The fraction of sp³-hybridized carbons (Fsp3) is 0.955. The molecule has 6 nitrogen and oxygen atoms in total. The van der Waals surface area contributed by atoms with Gasteiger partial charge < -0.3 is 24.6 Å². The number of aliphatic imine (C=N–C) groups is 1. The lowest BCUT2D eigenvalue weighted by Gasteiger charge is -2.36. The van der Waals surface area contributed by atoms with Crippen LogP contribution in [0.3, 0.4) is 0 Å². The zero-order chi connectivity index (χ0) is 19.6. The second-order valence-corrected chi connectivity index (χ2v) is 8.72. The molecule has 3 aliphatic rings. The van der Waals surface area contributed by atoms with Crippen LogP contribution in [-0.4, -0.2) is 87.5 Å². The summed E-state index contributed by atoms with van der Waals surface area (Å²) in [6, 6.07) is 0. The summed E-state index contributed by atoms with van der Waals surface area (Å²) in [5.74, 6) is 1.85. The van der Waals surface area contributed by atoms with Crippen LogP contribution in [0.4, 0.5) is 0 Å². The number of nitrogens with zero attached hydrogens (tertiary/aromatic N) is 3. The standard InChI is InChI=1S/C22H42N4O2.HI/c1-3-11-25-12-7-19(8-13-25)17-24-22(23-2)26-14-9-20(10-15-26)28-18-21-6-4-5-16-27-21;/h19-21H,3-18H2,1-2H3,(H,23,24);1H. The van der Waals surface area contributed by atoms with Crippen LogP contribution in [0.5, 0.6) is 0 Å². The van der Waals surface area contributed by atoms with Crippen LogP contribution in [0.25, 0.3) is 0 Å². The van der Waals surface area contributed by atoms with Crippen LogP contribution in [0, 0.1) is 5.92 Å². The topological polar surface area (TPSA) is 49.3 Å². The van der Waals surface area contributed by atoms with Gasteiger partial charge in [0.05, 0.1) is 18.8 Å². The van der Waals surface area contributed by atoms with Crippen LogP contribution in [0.1, 0.15) is 58.3 Å². The molecule has 3 heterocycles. The molecule has 0 aliphatic carbocycles. The van der Waals surface area contributed by atoms with Crippen LogP contribution < -0.4 is 5.32 Å². The van der Waals surface area contributed by atoms with Crippen molar-refractivity contribution >= 4 is 29.9 Å². The average Bonchev–Trinajstić information content (AvgIpc) is 2.75. The molecule has 3 rings (SSSR count). The van der Waals surface area contributed by atoms with Crippen molar-refractivity contribution in [1.82, 2.24) is 15.1 Å². The number of nitrogens with one attached hydrogen (secondary N) is 1. The molecule has 0 aromatic heterocycles. The van der Waals surface area contributed by atoms with Gasteiger partial charge in [0.2, 0.25) is 0 Å². The molecule has 0 spiro atoms. The van der Waals surface area contributed by atoms with E-state index in [1.165, 1.54) is 51.7 Å². The van der Waals surface area contributed by atoms with E-state index in [9.17, 15) is 0 Å². The fourth-order valence-electron chi connectivity index (χ4n) is 4.71. The van der Waals surface area contributed by atoms with Gasteiger partial charge >= 0.3 is 0 Å². The van der Waals surface area contributed by atoms with E-state index in [2.05, 4.69) is 27.0 Å². The zero-order valence-corrected chi connectivity index (χ0v) is 20.9. The van der Waals surface area contributed by atoms with E-state index in [0.29, 0.717) is 12.2 Å². The van der Waals surface area contributed by atoms with Crippen molar-refractivity contribution in [3.63, 3.8) is 0 Å². The summed E-state index contributed by atoms with van der Waals surface area (Å²) in [6.45, 7) is 10.8. The second kappa shape index (κ2) is 14.0. The average molecular weight is 523 g/mol. The highest BCUT2D eigenvalue weighted by Crippen LogP contribution is 2.19. The third-order valence-electron chi connectivity index (χ3n) is 6.54. The van der Waals surface area contributed by atoms with E-state index in [0.717, 1.165) is 64.0 Å². The normalized spacial score (nSPS) is 25.7. The summed E-state index contributed by atoms with van der Waals surface area (Å²) in [7, 11) is 1.91. The number of likely N-dealkylation sites (tertiary alicyclic amines) is 2. The van der Waals surface area contributed by atoms with Gasteiger partial charge in [-0.3, -0.25) is 4.99 Å². The van der Waals surface area contributed by atoms with Gasteiger partial charge in [0.25, 0.3) is 0 Å². The van der Waals surface area contributed by atoms with E-state index in [1.807, 2.05) is 7.05 Å². The van der Waals surface area contributed by atoms with Crippen molar-refractivity contribution in [2.75, 3.05) is 59.5 Å². The molecule has 0 aromatic rings. The summed E-state index contributed by atoms with van der Waals surface area (Å²) in [6.07, 6.45) is 10.4. The van der Waals surface area contributed by atoms with Crippen molar-refractivity contribution < 1.29 is 9.47 Å². The first kappa shape index (κ1) is 25.1. The highest BCUT2D eigenvalue weighted by molar-refractivity contribution is 14.0. The summed E-state index contributed by atoms with van der Waals surface area (Å²) >= 11 is 0. The van der Waals surface area contributed by atoms with Gasteiger partial charge in [-0.2, -0.15) is 0 Å². The molecular formula is C22H43IN4O2. The van der Waals surface area contributed by atoms with Crippen LogP contribution in [-0.2, 0) is 9.47 Å². The van der Waals surface area contributed by atoms with Crippen molar-refractivity contribution in [2.45, 2.75) is 70.5 Å². The Labute approximate surface area is 195 Å². The Bertz CT molecular complexity index is 458. The maximum Gasteiger partial charge on any atom is 0.193 e. The van der Waals surface area contributed by atoms with Gasteiger partial charge in [-0.1, -0.05) is 6.92 Å². The maximum absolute atomic E-state index is 6.15. The Kier molecular flexibility index (Phi) is 12.2. The van der Waals surface area contributed by atoms with Crippen LogP contribution in [0.2, 0.25) is 0 Å². The first-order valence-corrected chi connectivity index (χ1v) is 11.7. The lowest BCUT2D eigenvalue weighted by molar-refractivity contribution is -0.0721. The molecule has 1 unspecified atom stereocenters. The van der Waals surface area contributed by atoms with Crippen molar-refractivity contribution in [3.05, 3.63) is 0 Å². The van der Waals surface area contributed by atoms with Gasteiger partial charge in [0.15, 0.2) is 5.96 Å². The lowest BCUT2D eigenvalue weighted by Crippen LogP contribution is -2.49. The molecule has 3 saturated heterocycles. The molecule has 0 saturated carbocycles. The minimum atomic E-state index is 0. The Morgan fingerprint density at radius 3 is 2.45 bits per heavy atom. The third-order valence-corrected chi connectivity index (χ3v) is 6.54. The number of ether oxygens (including phenoxy) is 2. The molecule has 170 valence electrons. The fourth-order valence-corrected chi connectivity index (χ4v) is 4.71. The van der Waals surface area contributed by atoms with E-state index in [-0.39, 0.29) is 24.0 Å². The molecule has 3 fully saturated rings. The SMILES string of the molecule is CCCN1CCC(CNC(=NC)N2CCC(OCC3CCCCO3)CC2)CC1.I. The van der Waals surface area contributed by atoms with Crippen molar-refractivity contribution in [2.24, 2.45) is 10.9 Å². The summed E-state index contributed by atoms with van der Waals surface area (Å²) < 4.78 is 11.9. The quantitative estimate of drug-likeness (QED) is 0.316. The third kappa shape index (κ3) is 8.50. The number of piperidine rings is 2. The van der Waals surface area contributed by atoms with E-state index in [1.54, 1.807) is 0 Å². The molecule has 0 amide bonds. The largest absolute Gasteiger partial charge is 0.376 e. The monoisotopic (exact) mass is 522 g/mol. The zero-order valence-electron chi connectivity index (χ0n) is 18.6. The maximum atomic E-state index is 6.15. The molecule has 0 aromatic carbocycles. The first-order valence-electron chi connectivity index (χ1n) is 11.7. The molecule has 7 heteroatoms. The predicted molar refractivity (Wildman–Crippen MR) is 130 cm³/mol. The lowest BCUT2D eigenvalue weighted by atomic mass is 9.97. The van der Waals surface area contributed by atoms with Crippen LogP contribution in [0.15, 0.2) is 4.99 Å². The molecule has 1 N–H and O–H groups in total. The van der Waals surface area contributed by atoms with E-state index < -0.39 is 0 Å². The molecule has 3 aliphatic heterocycles. The van der Waals surface area contributed by atoms with Crippen LogP contribution >= 0.6 is 24.0 Å². The number of guanidine groups is 1. The Morgan fingerprint density at radius 1 is 1.07 bits per heavy atom. The van der Waals surface area contributed by atoms with Gasteiger partial charge in [0, 0.05) is 33.3 Å². The highest BCUT2D eigenvalue weighted by atomic mass is 127. The number of hydrogen-bond acceptors (Lipinski definition) is 4. The van der Waals surface area contributed by atoms with Gasteiger partial charge in [-0.05, 0) is 76.9 Å². The minimum absolute atomic E-state index is 0. The number of hydrogen-bond donors (Lipinski definition) is 1. The number of rotatable bonds is 7. The Hall–Kier alpha value is -0.120. The van der Waals surface area contributed by atoms with E-state index >= 15 is 0 Å². The predicted octanol–water partition coefficient (Wildman–Crippen LogP) is 3.35. The molecule has 0 bridgehead atoms. The second-order valence-electron chi connectivity index (χ2n) is 8.72. The van der Waals surface area contributed by atoms with Gasteiger partial charge in [-0.25, -0.2) is 0 Å². The van der Waals surface area contributed by atoms with Crippen molar-refractivity contribution in [1.29, 1.82) is 0 Å². The first-order chi connectivity index (χ1) is 13.8. The molecule has 29 heavy (non-hydrogen) atoms. The highest BCUT2D eigenvalue weighted by Gasteiger charge is 2.25. The molecule has 1 atom stereocenters. The molecular weight excluding hydrogens is 479 g/mol. The molecule has 0 radical (unpaired) electrons. The summed E-state index contributed by atoms with van der Waals surface area (Å²) in [4.78, 5) is 9.56. The van der Waals surface area contributed by atoms with Gasteiger partial charge in [-0.15, -0.1) is 24.0 Å². The van der Waals surface area contributed by atoms with E-state index in [4.69, 9.17) is 9.47 Å². The number of halogens is 1. The smallest absolute Gasteiger partial charge is 0.193 e. The Morgan fingerprint density at radius 2 is 1.83 bits per heavy atom. The minimum Gasteiger partial charge on any atom is -0.376 e. The van der Waals surface area contributed by atoms with Crippen molar-refractivity contribution in [3.8, 4) is 0 Å².